The molecular weight excluding hydrogens is 439 g/mol. The fraction of sp³-hybridized carbons (Fsp3) is 0.444. The SMILES string of the molecule is Cc1cc(Nc2ncnc(N)c2Cl)c(=O)n2c1C(=O)NC21CCN(CC(F)(F)F)CC1. The fourth-order valence-corrected chi connectivity index (χ4v) is 4.28. The van der Waals surface area contributed by atoms with E-state index < -0.39 is 29.9 Å². The van der Waals surface area contributed by atoms with Crippen LogP contribution in [0, 0.1) is 6.92 Å². The Morgan fingerprint density at radius 3 is 2.61 bits per heavy atom. The van der Waals surface area contributed by atoms with Crippen LogP contribution in [-0.2, 0) is 5.66 Å². The van der Waals surface area contributed by atoms with Gasteiger partial charge in [-0.25, -0.2) is 9.97 Å². The molecule has 0 aliphatic carbocycles. The molecule has 0 atom stereocenters. The Balaban J connectivity index is 1.71. The molecule has 1 amide bonds. The molecule has 1 saturated heterocycles. The number of hydrogen-bond donors (Lipinski definition) is 3. The van der Waals surface area contributed by atoms with Gasteiger partial charge in [0, 0.05) is 25.9 Å². The summed E-state index contributed by atoms with van der Waals surface area (Å²) < 4.78 is 39.6. The fourth-order valence-electron chi connectivity index (χ4n) is 4.13. The minimum absolute atomic E-state index is 0.0301. The molecule has 4 rings (SSSR count). The van der Waals surface area contributed by atoms with Crippen LogP contribution in [0.1, 0.15) is 28.9 Å². The van der Waals surface area contributed by atoms with E-state index in [2.05, 4.69) is 20.6 Å². The number of carbonyl (C=O) groups is 1. The van der Waals surface area contributed by atoms with Crippen LogP contribution >= 0.6 is 11.6 Å². The van der Waals surface area contributed by atoms with Crippen molar-refractivity contribution in [1.82, 2.24) is 24.8 Å². The number of fused-ring (bicyclic) bond motifs is 2. The number of carbonyl (C=O) groups excluding carboxylic acids is 1. The molecule has 0 saturated carbocycles. The van der Waals surface area contributed by atoms with Crippen LogP contribution in [0.5, 0.6) is 0 Å². The van der Waals surface area contributed by atoms with Crippen molar-refractivity contribution in [2.24, 2.45) is 0 Å². The molecule has 166 valence electrons. The number of aromatic nitrogens is 3. The van der Waals surface area contributed by atoms with Crippen molar-refractivity contribution in [3.63, 3.8) is 0 Å². The molecule has 2 aliphatic rings. The summed E-state index contributed by atoms with van der Waals surface area (Å²) in [6.07, 6.45) is -2.81. The minimum Gasteiger partial charge on any atom is -0.382 e. The summed E-state index contributed by atoms with van der Waals surface area (Å²) >= 11 is 6.10. The van der Waals surface area contributed by atoms with Crippen molar-refractivity contribution in [3.05, 3.63) is 39.0 Å². The smallest absolute Gasteiger partial charge is 0.382 e. The number of likely N-dealkylation sites (tertiary alicyclic amines) is 1. The zero-order valence-electron chi connectivity index (χ0n) is 16.4. The lowest BCUT2D eigenvalue weighted by Gasteiger charge is -2.40. The standard InChI is InChI=1S/C18H19ClF3N7O2/c1-9-6-10(26-14-11(19)13(23)24-8-25-14)16(31)29-12(9)15(30)27-17(29)2-4-28(5-3-17)7-18(20,21)22/h6,8H,2-5,7H2,1H3,(H,27,30)(H3,23,24,25,26). The summed E-state index contributed by atoms with van der Waals surface area (Å²) in [6, 6.07) is 1.50. The van der Waals surface area contributed by atoms with Crippen LogP contribution in [0.4, 0.5) is 30.5 Å². The molecule has 4 heterocycles. The molecule has 2 aliphatic heterocycles. The van der Waals surface area contributed by atoms with Crippen LogP contribution in [0.15, 0.2) is 17.2 Å². The van der Waals surface area contributed by atoms with Gasteiger partial charge in [-0.05, 0) is 18.6 Å². The zero-order valence-corrected chi connectivity index (χ0v) is 17.1. The van der Waals surface area contributed by atoms with Gasteiger partial charge in [0.05, 0.1) is 6.54 Å². The number of anilines is 3. The summed E-state index contributed by atoms with van der Waals surface area (Å²) in [4.78, 5) is 35.0. The second-order valence-corrected chi connectivity index (χ2v) is 8.03. The summed E-state index contributed by atoms with van der Waals surface area (Å²) in [5, 5.41) is 5.70. The molecule has 0 bridgehead atoms. The number of nitrogens with zero attached hydrogens (tertiary/aromatic N) is 4. The normalized spacial score (nSPS) is 18.2. The Kier molecular flexibility index (Phi) is 5.09. The first-order chi connectivity index (χ1) is 14.5. The molecule has 2 aromatic rings. The van der Waals surface area contributed by atoms with Gasteiger partial charge in [0.15, 0.2) is 5.82 Å². The van der Waals surface area contributed by atoms with E-state index >= 15 is 0 Å². The predicted molar refractivity (Wildman–Crippen MR) is 107 cm³/mol. The van der Waals surface area contributed by atoms with Gasteiger partial charge in [-0.3, -0.25) is 19.1 Å². The second kappa shape index (κ2) is 7.38. The van der Waals surface area contributed by atoms with Gasteiger partial charge >= 0.3 is 6.18 Å². The highest BCUT2D eigenvalue weighted by Gasteiger charge is 2.47. The van der Waals surface area contributed by atoms with Gasteiger partial charge in [-0.1, -0.05) is 11.6 Å². The number of hydrogen-bond acceptors (Lipinski definition) is 7. The van der Waals surface area contributed by atoms with E-state index in [9.17, 15) is 22.8 Å². The first kappa shape index (κ1) is 21.4. The van der Waals surface area contributed by atoms with E-state index in [0.29, 0.717) is 5.56 Å². The molecule has 13 heteroatoms. The number of nitrogens with two attached hydrogens (primary N) is 1. The maximum atomic E-state index is 13.3. The van der Waals surface area contributed by atoms with Crippen LogP contribution in [0.25, 0.3) is 0 Å². The van der Waals surface area contributed by atoms with E-state index in [1.54, 1.807) is 6.92 Å². The summed E-state index contributed by atoms with van der Waals surface area (Å²) in [5.41, 5.74) is 4.88. The lowest BCUT2D eigenvalue weighted by Crippen LogP contribution is -2.55. The minimum atomic E-state index is -4.31. The average molecular weight is 458 g/mol. The van der Waals surface area contributed by atoms with Crippen LogP contribution < -0.4 is 21.9 Å². The van der Waals surface area contributed by atoms with E-state index in [4.69, 9.17) is 17.3 Å². The quantitative estimate of drug-likeness (QED) is 0.645. The number of piperidine rings is 1. The summed E-state index contributed by atoms with van der Waals surface area (Å²) in [5.74, 6) is -0.283. The van der Waals surface area contributed by atoms with Crippen LogP contribution in [0.3, 0.4) is 0 Å². The van der Waals surface area contributed by atoms with Crippen molar-refractivity contribution in [2.75, 3.05) is 30.7 Å². The van der Waals surface area contributed by atoms with Crippen LogP contribution in [-0.4, -0.2) is 51.2 Å². The van der Waals surface area contributed by atoms with Gasteiger partial charge in [0.2, 0.25) is 0 Å². The largest absolute Gasteiger partial charge is 0.401 e. The molecule has 1 fully saturated rings. The maximum Gasteiger partial charge on any atom is 0.401 e. The number of halogens is 4. The molecular formula is C18H19ClF3N7O2. The first-order valence-electron chi connectivity index (χ1n) is 9.42. The van der Waals surface area contributed by atoms with Crippen molar-refractivity contribution in [2.45, 2.75) is 31.6 Å². The number of rotatable bonds is 3. The van der Waals surface area contributed by atoms with E-state index in [1.165, 1.54) is 21.9 Å². The molecule has 31 heavy (non-hydrogen) atoms. The van der Waals surface area contributed by atoms with Crippen molar-refractivity contribution in [1.29, 1.82) is 0 Å². The number of aryl methyl sites for hydroxylation is 1. The Hall–Kier alpha value is -2.86. The molecule has 4 N–H and O–H groups in total. The van der Waals surface area contributed by atoms with Crippen LogP contribution in [0.2, 0.25) is 5.02 Å². The first-order valence-corrected chi connectivity index (χ1v) is 9.80. The highest BCUT2D eigenvalue weighted by atomic mass is 35.5. The maximum absolute atomic E-state index is 13.3. The Bertz CT molecular complexity index is 1110. The van der Waals surface area contributed by atoms with Gasteiger partial charge in [0.1, 0.15) is 34.2 Å². The Morgan fingerprint density at radius 1 is 1.29 bits per heavy atom. The van der Waals surface area contributed by atoms with Crippen molar-refractivity contribution < 1.29 is 18.0 Å². The lowest BCUT2D eigenvalue weighted by molar-refractivity contribution is -0.150. The summed E-state index contributed by atoms with van der Waals surface area (Å²) in [6.45, 7) is 0.796. The summed E-state index contributed by atoms with van der Waals surface area (Å²) in [7, 11) is 0. The third kappa shape index (κ3) is 3.81. The molecule has 0 unspecified atom stereocenters. The lowest BCUT2D eigenvalue weighted by atomic mass is 9.96. The van der Waals surface area contributed by atoms with Gasteiger partial charge in [0.25, 0.3) is 11.5 Å². The molecule has 1 spiro atoms. The average Bonchev–Trinajstić information content (AvgIpc) is 2.96. The molecule has 2 aromatic heterocycles. The van der Waals surface area contributed by atoms with Gasteiger partial charge in [-0.2, -0.15) is 13.2 Å². The second-order valence-electron chi connectivity index (χ2n) is 7.65. The van der Waals surface area contributed by atoms with E-state index in [-0.39, 0.29) is 54.0 Å². The Morgan fingerprint density at radius 2 is 1.97 bits per heavy atom. The molecule has 9 nitrogen and oxygen atoms in total. The third-order valence-corrected chi connectivity index (χ3v) is 5.91. The topological polar surface area (TPSA) is 118 Å². The third-order valence-electron chi connectivity index (χ3n) is 5.54. The van der Waals surface area contributed by atoms with Crippen molar-refractivity contribution in [3.8, 4) is 0 Å². The van der Waals surface area contributed by atoms with Crippen molar-refractivity contribution >= 4 is 34.8 Å². The number of pyridine rings is 1. The number of nitrogen functional groups attached to an aromatic ring is 1. The molecule has 0 radical (unpaired) electrons. The van der Waals surface area contributed by atoms with E-state index in [0.717, 1.165) is 0 Å². The number of amides is 1. The highest BCUT2D eigenvalue weighted by molar-refractivity contribution is 6.35. The van der Waals surface area contributed by atoms with E-state index in [1.807, 2.05) is 0 Å². The molecule has 0 aromatic carbocycles. The predicted octanol–water partition coefficient (Wildman–Crippen LogP) is 1.98. The number of nitrogens with one attached hydrogen (secondary N) is 2. The Labute approximate surface area is 179 Å². The zero-order chi connectivity index (χ0) is 22.6. The number of alkyl halides is 3. The van der Waals surface area contributed by atoms with Gasteiger partial charge < -0.3 is 16.4 Å². The highest BCUT2D eigenvalue weighted by Crippen LogP contribution is 2.35. The van der Waals surface area contributed by atoms with Gasteiger partial charge in [-0.15, -0.1) is 0 Å². The monoisotopic (exact) mass is 457 g/mol.